The Morgan fingerprint density at radius 1 is 1.53 bits per heavy atom. The fourth-order valence-electron chi connectivity index (χ4n) is 2.30. The summed E-state index contributed by atoms with van der Waals surface area (Å²) < 4.78 is 14.3. The minimum Gasteiger partial charge on any atom is -0.328 e. The van der Waals surface area contributed by atoms with E-state index in [2.05, 4.69) is 19.1 Å². The second-order valence-electron chi connectivity index (χ2n) is 4.55. The Hall–Kier alpha value is -0.410. The lowest BCUT2D eigenvalue weighted by Gasteiger charge is -2.17. The predicted octanol–water partition coefficient (Wildman–Crippen LogP) is 3.07. The van der Waals surface area contributed by atoms with Gasteiger partial charge in [-0.15, -0.1) is 11.3 Å². The highest BCUT2D eigenvalue weighted by molar-refractivity contribution is 7.12. The van der Waals surface area contributed by atoms with E-state index in [1.54, 1.807) is 11.3 Å². The number of thiophene rings is 1. The van der Waals surface area contributed by atoms with E-state index in [1.165, 1.54) is 9.75 Å². The maximum absolute atomic E-state index is 14.3. The Balaban J connectivity index is 2.02. The molecule has 1 aliphatic carbocycles. The van der Waals surface area contributed by atoms with Crippen LogP contribution < -0.4 is 5.73 Å². The first kappa shape index (κ1) is 11.1. The molecule has 0 aromatic carbocycles. The zero-order chi connectivity index (χ0) is 10.9. The molecule has 2 N–H and O–H groups in total. The van der Waals surface area contributed by atoms with Gasteiger partial charge in [0.05, 0.1) is 0 Å². The van der Waals surface area contributed by atoms with Crippen LogP contribution in [0, 0.1) is 0 Å². The van der Waals surface area contributed by atoms with Crippen LogP contribution in [0.3, 0.4) is 0 Å². The molecule has 15 heavy (non-hydrogen) atoms. The standard InChI is InChI=1S/C12H18FNS/c1-2-10-3-4-11(15-10)8-12(13)6-5-9(14)7-12/h3-4,9H,2,5-8,14H2,1H3. The summed E-state index contributed by atoms with van der Waals surface area (Å²) in [6.45, 7) is 2.13. The van der Waals surface area contributed by atoms with Crippen molar-refractivity contribution in [3.8, 4) is 0 Å². The molecule has 1 saturated carbocycles. The van der Waals surface area contributed by atoms with Crippen molar-refractivity contribution in [1.29, 1.82) is 0 Å². The van der Waals surface area contributed by atoms with Crippen LogP contribution in [0.2, 0.25) is 0 Å². The third-order valence-corrected chi connectivity index (χ3v) is 4.38. The highest BCUT2D eigenvalue weighted by Gasteiger charge is 2.38. The van der Waals surface area contributed by atoms with Gasteiger partial charge in [0.25, 0.3) is 0 Å². The van der Waals surface area contributed by atoms with Crippen LogP contribution in [-0.4, -0.2) is 11.7 Å². The van der Waals surface area contributed by atoms with Gasteiger partial charge in [0.15, 0.2) is 0 Å². The number of nitrogens with two attached hydrogens (primary N) is 1. The van der Waals surface area contributed by atoms with E-state index in [1.807, 2.05) is 0 Å². The average Bonchev–Trinajstić information content (AvgIpc) is 2.74. The van der Waals surface area contributed by atoms with Crippen LogP contribution in [0.1, 0.15) is 35.9 Å². The van der Waals surface area contributed by atoms with Crippen molar-refractivity contribution in [1.82, 2.24) is 0 Å². The second-order valence-corrected chi connectivity index (χ2v) is 5.81. The van der Waals surface area contributed by atoms with Gasteiger partial charge in [0.1, 0.15) is 5.67 Å². The Bertz CT molecular complexity index is 336. The zero-order valence-electron chi connectivity index (χ0n) is 9.13. The molecule has 2 atom stereocenters. The summed E-state index contributed by atoms with van der Waals surface area (Å²) in [6.07, 6.45) is 3.61. The summed E-state index contributed by atoms with van der Waals surface area (Å²) >= 11 is 1.74. The fourth-order valence-corrected chi connectivity index (χ4v) is 3.38. The normalized spacial score (nSPS) is 31.0. The molecule has 0 bridgehead atoms. The first-order chi connectivity index (χ1) is 7.11. The number of alkyl halides is 1. The third-order valence-electron chi connectivity index (χ3n) is 3.15. The van der Waals surface area contributed by atoms with Gasteiger partial charge in [-0.05, 0) is 37.8 Å². The zero-order valence-corrected chi connectivity index (χ0v) is 9.95. The second kappa shape index (κ2) is 4.22. The first-order valence-electron chi connectivity index (χ1n) is 5.63. The minimum atomic E-state index is -1.03. The molecule has 2 rings (SSSR count). The summed E-state index contributed by atoms with van der Waals surface area (Å²) in [4.78, 5) is 2.51. The molecule has 3 heteroatoms. The van der Waals surface area contributed by atoms with Gasteiger partial charge in [-0.2, -0.15) is 0 Å². The number of rotatable bonds is 3. The van der Waals surface area contributed by atoms with E-state index in [4.69, 9.17) is 5.73 Å². The molecule has 0 aliphatic heterocycles. The Kier molecular flexibility index (Phi) is 3.12. The van der Waals surface area contributed by atoms with E-state index < -0.39 is 5.67 Å². The maximum atomic E-state index is 14.3. The average molecular weight is 227 g/mol. The molecule has 1 nitrogen and oxygen atoms in total. The third kappa shape index (κ3) is 2.58. The minimum absolute atomic E-state index is 0.0700. The van der Waals surface area contributed by atoms with Crippen LogP contribution in [0.25, 0.3) is 0 Å². The lowest BCUT2D eigenvalue weighted by molar-refractivity contribution is 0.172. The molecule has 0 radical (unpaired) electrons. The van der Waals surface area contributed by atoms with Gasteiger partial charge in [0.2, 0.25) is 0 Å². The van der Waals surface area contributed by atoms with Gasteiger partial charge in [-0.3, -0.25) is 0 Å². The van der Waals surface area contributed by atoms with Gasteiger partial charge in [0, 0.05) is 22.2 Å². The van der Waals surface area contributed by atoms with E-state index >= 15 is 0 Å². The van der Waals surface area contributed by atoms with E-state index in [9.17, 15) is 4.39 Å². The van der Waals surface area contributed by atoms with Crippen molar-refractivity contribution in [2.75, 3.05) is 0 Å². The Morgan fingerprint density at radius 3 is 2.80 bits per heavy atom. The Morgan fingerprint density at radius 2 is 2.27 bits per heavy atom. The number of halogens is 1. The van der Waals surface area contributed by atoms with Crippen molar-refractivity contribution < 1.29 is 4.39 Å². The molecule has 1 fully saturated rings. The molecule has 1 aliphatic rings. The van der Waals surface area contributed by atoms with Crippen LogP contribution in [0.5, 0.6) is 0 Å². The molecular formula is C12H18FNS. The van der Waals surface area contributed by atoms with Crippen molar-refractivity contribution in [2.45, 2.75) is 50.7 Å². The lowest BCUT2D eigenvalue weighted by Crippen LogP contribution is -2.25. The molecule has 1 aromatic heterocycles. The number of aryl methyl sites for hydroxylation is 1. The van der Waals surface area contributed by atoms with Crippen molar-refractivity contribution in [3.05, 3.63) is 21.9 Å². The van der Waals surface area contributed by atoms with E-state index in [0.717, 1.165) is 12.8 Å². The first-order valence-corrected chi connectivity index (χ1v) is 6.45. The maximum Gasteiger partial charge on any atom is 0.117 e. The van der Waals surface area contributed by atoms with Crippen molar-refractivity contribution in [3.63, 3.8) is 0 Å². The lowest BCUT2D eigenvalue weighted by atomic mass is 9.99. The molecule has 2 unspecified atom stereocenters. The molecule has 1 aromatic rings. The van der Waals surface area contributed by atoms with Gasteiger partial charge in [-0.25, -0.2) is 4.39 Å². The molecule has 0 amide bonds. The van der Waals surface area contributed by atoms with Crippen LogP contribution in [-0.2, 0) is 12.8 Å². The number of hydrogen-bond donors (Lipinski definition) is 1. The summed E-state index contributed by atoms with van der Waals surface area (Å²) in [7, 11) is 0. The molecule has 0 saturated heterocycles. The van der Waals surface area contributed by atoms with Crippen molar-refractivity contribution >= 4 is 11.3 Å². The van der Waals surface area contributed by atoms with Crippen molar-refractivity contribution in [2.24, 2.45) is 5.73 Å². The summed E-state index contributed by atoms with van der Waals surface area (Å²) in [5, 5.41) is 0. The highest BCUT2D eigenvalue weighted by atomic mass is 32.1. The SMILES string of the molecule is CCc1ccc(CC2(F)CCC(N)C2)s1. The molecular weight excluding hydrogens is 209 g/mol. The van der Waals surface area contributed by atoms with Crippen LogP contribution >= 0.6 is 11.3 Å². The quantitative estimate of drug-likeness (QED) is 0.843. The highest BCUT2D eigenvalue weighted by Crippen LogP contribution is 2.37. The smallest absolute Gasteiger partial charge is 0.117 e. The van der Waals surface area contributed by atoms with Crippen LogP contribution in [0.15, 0.2) is 12.1 Å². The monoisotopic (exact) mass is 227 g/mol. The predicted molar refractivity (Wildman–Crippen MR) is 63.1 cm³/mol. The molecule has 0 spiro atoms. The van der Waals surface area contributed by atoms with Crippen LogP contribution in [0.4, 0.5) is 4.39 Å². The topological polar surface area (TPSA) is 26.0 Å². The number of hydrogen-bond acceptors (Lipinski definition) is 2. The Labute approximate surface area is 94.5 Å². The summed E-state index contributed by atoms with van der Waals surface area (Å²) in [5.74, 6) is 0. The van der Waals surface area contributed by atoms with E-state index in [-0.39, 0.29) is 6.04 Å². The molecule has 1 heterocycles. The molecule has 84 valence electrons. The van der Waals surface area contributed by atoms with Gasteiger partial charge >= 0.3 is 0 Å². The summed E-state index contributed by atoms with van der Waals surface area (Å²) in [5.41, 5.74) is 4.73. The van der Waals surface area contributed by atoms with Gasteiger partial charge < -0.3 is 5.73 Å². The summed E-state index contributed by atoms with van der Waals surface area (Å²) in [6, 6.07) is 4.24. The van der Waals surface area contributed by atoms with E-state index in [0.29, 0.717) is 19.3 Å². The largest absolute Gasteiger partial charge is 0.328 e. The van der Waals surface area contributed by atoms with Gasteiger partial charge in [-0.1, -0.05) is 6.92 Å². The fraction of sp³-hybridized carbons (Fsp3) is 0.667.